The zero-order valence-corrected chi connectivity index (χ0v) is 13.2. The zero-order chi connectivity index (χ0) is 15.9. The SMILES string of the molecule is O=C(CCCCc1ccccc1)N1CC(Oc2cccnc2)C1. The fraction of sp³-hybridized carbons (Fsp3) is 0.368. The van der Waals surface area contributed by atoms with Crippen LogP contribution in [0, 0.1) is 0 Å². The van der Waals surface area contributed by atoms with E-state index in [0.29, 0.717) is 19.5 Å². The van der Waals surface area contributed by atoms with Crippen molar-refractivity contribution in [3.8, 4) is 5.75 Å². The molecule has 0 N–H and O–H groups in total. The summed E-state index contributed by atoms with van der Waals surface area (Å²) >= 11 is 0. The van der Waals surface area contributed by atoms with Crippen LogP contribution in [0.15, 0.2) is 54.9 Å². The third kappa shape index (κ3) is 4.55. The minimum atomic E-state index is 0.104. The Hall–Kier alpha value is -2.36. The maximum atomic E-state index is 12.1. The number of hydrogen-bond donors (Lipinski definition) is 0. The molecule has 0 atom stereocenters. The molecule has 4 heteroatoms. The van der Waals surface area contributed by atoms with Crippen LogP contribution >= 0.6 is 0 Å². The number of benzene rings is 1. The third-order valence-electron chi connectivity index (χ3n) is 4.09. The van der Waals surface area contributed by atoms with Crippen molar-refractivity contribution in [1.29, 1.82) is 0 Å². The Morgan fingerprint density at radius 2 is 1.96 bits per heavy atom. The van der Waals surface area contributed by atoms with Crippen molar-refractivity contribution >= 4 is 5.91 Å². The van der Waals surface area contributed by atoms with E-state index in [0.717, 1.165) is 25.0 Å². The minimum Gasteiger partial charge on any atom is -0.485 e. The van der Waals surface area contributed by atoms with E-state index in [4.69, 9.17) is 4.74 Å². The standard InChI is InChI=1S/C19H22N2O2/c22-19(11-5-4-9-16-7-2-1-3-8-16)21-14-18(15-21)23-17-10-6-12-20-13-17/h1-3,6-8,10,12-13,18H,4-5,9,11,14-15H2. The molecule has 1 amide bonds. The number of aromatic nitrogens is 1. The lowest BCUT2D eigenvalue weighted by molar-refractivity contribution is -0.140. The second kappa shape index (κ2) is 7.77. The van der Waals surface area contributed by atoms with E-state index in [-0.39, 0.29) is 12.0 Å². The highest BCUT2D eigenvalue weighted by Crippen LogP contribution is 2.18. The Morgan fingerprint density at radius 3 is 2.70 bits per heavy atom. The fourth-order valence-electron chi connectivity index (χ4n) is 2.73. The normalized spacial score (nSPS) is 14.3. The number of carbonyl (C=O) groups is 1. The molecule has 0 radical (unpaired) electrons. The molecule has 1 saturated heterocycles. The summed E-state index contributed by atoms with van der Waals surface area (Å²) in [5, 5.41) is 0. The molecule has 23 heavy (non-hydrogen) atoms. The predicted octanol–water partition coefficient (Wildman–Crippen LogP) is 3.08. The predicted molar refractivity (Wildman–Crippen MR) is 89.2 cm³/mol. The number of hydrogen-bond acceptors (Lipinski definition) is 3. The second-order valence-corrected chi connectivity index (χ2v) is 5.92. The van der Waals surface area contributed by atoms with Gasteiger partial charge in [-0.1, -0.05) is 30.3 Å². The van der Waals surface area contributed by atoms with Gasteiger partial charge in [0, 0.05) is 12.6 Å². The molecule has 1 aliphatic heterocycles. The molecule has 0 aliphatic carbocycles. The second-order valence-electron chi connectivity index (χ2n) is 5.92. The first-order valence-corrected chi connectivity index (χ1v) is 8.19. The summed E-state index contributed by atoms with van der Waals surface area (Å²) in [6.07, 6.45) is 7.20. The lowest BCUT2D eigenvalue weighted by atomic mass is 10.1. The average molecular weight is 310 g/mol. The molecule has 1 aliphatic rings. The molecular formula is C19H22N2O2. The minimum absolute atomic E-state index is 0.104. The number of unbranched alkanes of at least 4 members (excludes halogenated alkanes) is 1. The van der Waals surface area contributed by atoms with Gasteiger partial charge in [-0.25, -0.2) is 0 Å². The van der Waals surface area contributed by atoms with E-state index in [2.05, 4.69) is 29.2 Å². The van der Waals surface area contributed by atoms with Gasteiger partial charge in [-0.15, -0.1) is 0 Å². The molecule has 1 fully saturated rings. The van der Waals surface area contributed by atoms with Gasteiger partial charge in [-0.2, -0.15) is 0 Å². The lowest BCUT2D eigenvalue weighted by Crippen LogP contribution is -2.56. The zero-order valence-electron chi connectivity index (χ0n) is 13.2. The van der Waals surface area contributed by atoms with Crippen LogP contribution in [0.3, 0.4) is 0 Å². The molecule has 0 bridgehead atoms. The Morgan fingerprint density at radius 1 is 1.13 bits per heavy atom. The molecule has 4 nitrogen and oxygen atoms in total. The van der Waals surface area contributed by atoms with E-state index in [1.807, 2.05) is 23.1 Å². The van der Waals surface area contributed by atoms with Gasteiger partial charge in [0.15, 0.2) is 0 Å². The quantitative estimate of drug-likeness (QED) is 0.738. The summed E-state index contributed by atoms with van der Waals surface area (Å²) in [7, 11) is 0. The van der Waals surface area contributed by atoms with Crippen molar-refractivity contribution in [2.24, 2.45) is 0 Å². The van der Waals surface area contributed by atoms with Crippen LogP contribution in [0.2, 0.25) is 0 Å². The van der Waals surface area contributed by atoms with E-state index >= 15 is 0 Å². The first kappa shape index (κ1) is 15.5. The van der Waals surface area contributed by atoms with E-state index in [1.54, 1.807) is 12.4 Å². The van der Waals surface area contributed by atoms with Crippen LogP contribution in [0.5, 0.6) is 5.75 Å². The summed E-state index contributed by atoms with van der Waals surface area (Å²) in [6.45, 7) is 1.37. The molecule has 0 spiro atoms. The highest BCUT2D eigenvalue weighted by Gasteiger charge is 2.31. The maximum Gasteiger partial charge on any atom is 0.222 e. The van der Waals surface area contributed by atoms with E-state index in [9.17, 15) is 4.79 Å². The van der Waals surface area contributed by atoms with E-state index < -0.39 is 0 Å². The number of likely N-dealkylation sites (tertiary alicyclic amines) is 1. The Kier molecular flexibility index (Phi) is 5.25. The van der Waals surface area contributed by atoms with Crippen molar-refractivity contribution in [1.82, 2.24) is 9.88 Å². The summed E-state index contributed by atoms with van der Waals surface area (Å²) in [5.74, 6) is 1.01. The Balaban J connectivity index is 1.30. The number of nitrogens with zero attached hydrogens (tertiary/aromatic N) is 2. The van der Waals surface area contributed by atoms with Crippen LogP contribution in [0.25, 0.3) is 0 Å². The fourth-order valence-corrected chi connectivity index (χ4v) is 2.73. The van der Waals surface area contributed by atoms with Gasteiger partial charge in [0.2, 0.25) is 5.91 Å². The van der Waals surface area contributed by atoms with Gasteiger partial charge in [0.05, 0.1) is 19.3 Å². The Bertz CT molecular complexity index is 610. The van der Waals surface area contributed by atoms with Gasteiger partial charge < -0.3 is 9.64 Å². The molecule has 3 rings (SSSR count). The molecular weight excluding hydrogens is 288 g/mol. The Labute approximate surface area is 137 Å². The molecule has 2 heterocycles. The number of aryl methyl sites for hydroxylation is 1. The summed E-state index contributed by atoms with van der Waals surface area (Å²) < 4.78 is 5.76. The number of amides is 1. The summed E-state index contributed by atoms with van der Waals surface area (Å²) in [5.41, 5.74) is 1.34. The van der Waals surface area contributed by atoms with Crippen molar-refractivity contribution in [2.75, 3.05) is 13.1 Å². The van der Waals surface area contributed by atoms with Crippen LogP contribution in [0.1, 0.15) is 24.8 Å². The molecule has 0 saturated carbocycles. The number of pyridine rings is 1. The van der Waals surface area contributed by atoms with Crippen LogP contribution in [-0.2, 0) is 11.2 Å². The van der Waals surface area contributed by atoms with Crippen molar-refractivity contribution in [3.05, 3.63) is 60.4 Å². The van der Waals surface area contributed by atoms with Crippen molar-refractivity contribution in [3.63, 3.8) is 0 Å². The van der Waals surface area contributed by atoms with Gasteiger partial charge in [0.25, 0.3) is 0 Å². The first-order chi connectivity index (χ1) is 11.3. The van der Waals surface area contributed by atoms with Gasteiger partial charge >= 0.3 is 0 Å². The average Bonchev–Trinajstić information content (AvgIpc) is 2.56. The van der Waals surface area contributed by atoms with E-state index in [1.165, 1.54) is 5.56 Å². The van der Waals surface area contributed by atoms with Gasteiger partial charge in [0.1, 0.15) is 11.9 Å². The van der Waals surface area contributed by atoms with Gasteiger partial charge in [-0.3, -0.25) is 9.78 Å². The third-order valence-corrected chi connectivity index (χ3v) is 4.09. The van der Waals surface area contributed by atoms with Gasteiger partial charge in [-0.05, 0) is 37.0 Å². The summed E-state index contributed by atoms with van der Waals surface area (Å²) in [6, 6.07) is 14.2. The van der Waals surface area contributed by atoms with Crippen LogP contribution < -0.4 is 4.74 Å². The van der Waals surface area contributed by atoms with Crippen molar-refractivity contribution in [2.45, 2.75) is 31.8 Å². The number of rotatable bonds is 7. The lowest BCUT2D eigenvalue weighted by Gasteiger charge is -2.39. The smallest absolute Gasteiger partial charge is 0.222 e. The molecule has 0 unspecified atom stereocenters. The van der Waals surface area contributed by atoms with Crippen LogP contribution in [-0.4, -0.2) is 35.0 Å². The number of ether oxygens (including phenoxy) is 1. The van der Waals surface area contributed by atoms with Crippen molar-refractivity contribution < 1.29 is 9.53 Å². The first-order valence-electron chi connectivity index (χ1n) is 8.19. The topological polar surface area (TPSA) is 42.4 Å². The highest BCUT2D eigenvalue weighted by atomic mass is 16.5. The highest BCUT2D eigenvalue weighted by molar-refractivity contribution is 5.77. The molecule has 1 aromatic heterocycles. The maximum absolute atomic E-state index is 12.1. The molecule has 120 valence electrons. The largest absolute Gasteiger partial charge is 0.485 e. The van der Waals surface area contributed by atoms with Crippen LogP contribution in [0.4, 0.5) is 0 Å². The monoisotopic (exact) mass is 310 g/mol. The molecule has 2 aromatic rings. The number of carbonyl (C=O) groups excluding carboxylic acids is 1. The molecule has 1 aromatic carbocycles. The summed E-state index contributed by atoms with van der Waals surface area (Å²) in [4.78, 5) is 18.0.